The van der Waals surface area contributed by atoms with Gasteiger partial charge in [0.25, 0.3) is 10.1 Å². The summed E-state index contributed by atoms with van der Waals surface area (Å²) in [7, 11) is -3.79. The lowest BCUT2D eigenvalue weighted by Gasteiger charge is -2.17. The summed E-state index contributed by atoms with van der Waals surface area (Å²) in [6.45, 7) is 7.92. The summed E-state index contributed by atoms with van der Waals surface area (Å²) in [4.78, 5) is 0.155. The van der Waals surface area contributed by atoms with E-state index in [0.29, 0.717) is 5.92 Å². The second-order valence-electron chi connectivity index (χ2n) is 6.18. The Morgan fingerprint density at radius 1 is 0.958 bits per heavy atom. The second-order valence-corrected chi connectivity index (χ2v) is 7.75. The lowest BCUT2D eigenvalue weighted by molar-refractivity contribution is 0.148. The van der Waals surface area contributed by atoms with Crippen LogP contribution in [0.1, 0.15) is 37.8 Å². The van der Waals surface area contributed by atoms with Crippen molar-refractivity contribution in [3.05, 3.63) is 59.7 Å². The van der Waals surface area contributed by atoms with Crippen LogP contribution < -0.4 is 4.74 Å². The van der Waals surface area contributed by atoms with E-state index in [1.165, 1.54) is 0 Å². The highest BCUT2D eigenvalue weighted by molar-refractivity contribution is 7.86. The summed E-state index contributed by atoms with van der Waals surface area (Å²) < 4.78 is 35.5. The molecule has 0 aromatic heterocycles. The van der Waals surface area contributed by atoms with E-state index >= 15 is 0 Å². The third kappa shape index (κ3) is 4.82. The minimum Gasteiger partial charge on any atom is -0.491 e. The molecule has 0 aliphatic heterocycles. The molecule has 0 heterocycles. The summed E-state index contributed by atoms with van der Waals surface area (Å²) in [5, 5.41) is 0. The third-order valence-electron chi connectivity index (χ3n) is 3.62. The number of aryl methyl sites for hydroxylation is 1. The molecule has 0 radical (unpaired) electrons. The van der Waals surface area contributed by atoms with Gasteiger partial charge in [0, 0.05) is 0 Å². The van der Waals surface area contributed by atoms with Gasteiger partial charge in [0.05, 0.1) is 4.90 Å². The predicted molar refractivity (Wildman–Crippen MR) is 94.9 cm³/mol. The quantitative estimate of drug-likeness (QED) is 0.700. The number of benzene rings is 2. The van der Waals surface area contributed by atoms with Crippen LogP contribution in [0.3, 0.4) is 0 Å². The van der Waals surface area contributed by atoms with Crippen LogP contribution in [0.25, 0.3) is 0 Å². The first-order valence-corrected chi connectivity index (χ1v) is 9.42. The molecule has 0 bridgehead atoms. The number of ether oxygens (including phenoxy) is 1. The fourth-order valence-electron chi connectivity index (χ4n) is 2.30. The van der Waals surface area contributed by atoms with E-state index in [-0.39, 0.29) is 11.5 Å². The van der Waals surface area contributed by atoms with E-state index < -0.39 is 16.2 Å². The van der Waals surface area contributed by atoms with Crippen LogP contribution in [0, 0.1) is 6.92 Å². The van der Waals surface area contributed by atoms with E-state index in [2.05, 4.69) is 13.8 Å². The molecule has 24 heavy (non-hydrogen) atoms. The van der Waals surface area contributed by atoms with Crippen LogP contribution in [0.15, 0.2) is 53.4 Å². The van der Waals surface area contributed by atoms with Gasteiger partial charge in [0.15, 0.2) is 0 Å². The maximum atomic E-state index is 12.3. The van der Waals surface area contributed by atoms with Crippen molar-refractivity contribution in [2.45, 2.75) is 44.6 Å². The molecule has 130 valence electrons. The lowest BCUT2D eigenvalue weighted by Crippen LogP contribution is -2.22. The molecule has 0 N–H and O–H groups in total. The zero-order valence-corrected chi connectivity index (χ0v) is 15.3. The summed E-state index contributed by atoms with van der Waals surface area (Å²) >= 11 is 0. The van der Waals surface area contributed by atoms with Gasteiger partial charge in [0.2, 0.25) is 0 Å². The van der Waals surface area contributed by atoms with Crippen LogP contribution in [-0.4, -0.2) is 21.1 Å². The molecule has 2 rings (SSSR count). The summed E-state index contributed by atoms with van der Waals surface area (Å²) in [5.41, 5.74) is 2.08. The molecule has 0 aliphatic rings. The van der Waals surface area contributed by atoms with Gasteiger partial charge in [-0.05, 0) is 43.5 Å². The Morgan fingerprint density at radius 2 is 1.58 bits per heavy atom. The van der Waals surface area contributed by atoms with Gasteiger partial charge in [0.1, 0.15) is 18.5 Å². The molecular weight excluding hydrogens is 324 g/mol. The van der Waals surface area contributed by atoms with Crippen molar-refractivity contribution in [2.75, 3.05) is 6.61 Å². The van der Waals surface area contributed by atoms with Crippen LogP contribution in [0.4, 0.5) is 0 Å². The molecule has 0 spiro atoms. The van der Waals surface area contributed by atoms with E-state index in [1.54, 1.807) is 31.2 Å². The minimum atomic E-state index is -3.79. The first kappa shape index (κ1) is 18.5. The maximum Gasteiger partial charge on any atom is 0.297 e. The number of hydrogen-bond acceptors (Lipinski definition) is 4. The molecule has 0 saturated heterocycles. The first-order chi connectivity index (χ1) is 11.3. The summed E-state index contributed by atoms with van der Waals surface area (Å²) in [6.07, 6.45) is -0.587. The molecule has 0 aliphatic carbocycles. The molecule has 0 amide bonds. The Balaban J connectivity index is 2.01. The first-order valence-electron chi connectivity index (χ1n) is 8.01. The largest absolute Gasteiger partial charge is 0.491 e. The van der Waals surface area contributed by atoms with Crippen LogP contribution in [0.5, 0.6) is 5.75 Å². The summed E-state index contributed by atoms with van der Waals surface area (Å²) in [6, 6.07) is 14.3. The van der Waals surface area contributed by atoms with Crippen molar-refractivity contribution >= 4 is 10.1 Å². The molecule has 2 aromatic carbocycles. The third-order valence-corrected chi connectivity index (χ3v) is 5.05. The second kappa shape index (κ2) is 7.81. The van der Waals surface area contributed by atoms with Crippen molar-refractivity contribution < 1.29 is 17.3 Å². The highest BCUT2D eigenvalue weighted by Gasteiger charge is 2.20. The van der Waals surface area contributed by atoms with Crippen molar-refractivity contribution in [2.24, 2.45) is 0 Å². The fraction of sp³-hybridized carbons (Fsp3) is 0.368. The fourth-order valence-corrected chi connectivity index (χ4v) is 3.37. The van der Waals surface area contributed by atoms with Crippen molar-refractivity contribution in [1.82, 2.24) is 0 Å². The minimum absolute atomic E-state index is 0.155. The Labute approximate surface area is 144 Å². The molecule has 0 saturated carbocycles. The van der Waals surface area contributed by atoms with Crippen LogP contribution in [-0.2, 0) is 14.3 Å². The van der Waals surface area contributed by atoms with E-state index in [1.807, 2.05) is 31.2 Å². The molecule has 5 heteroatoms. The van der Waals surface area contributed by atoms with Gasteiger partial charge in [-0.15, -0.1) is 0 Å². The normalized spacial score (nSPS) is 13.0. The zero-order valence-electron chi connectivity index (χ0n) is 14.5. The Morgan fingerprint density at radius 3 is 2.21 bits per heavy atom. The maximum absolute atomic E-state index is 12.3. The Hall–Kier alpha value is -1.85. The monoisotopic (exact) mass is 348 g/mol. The number of hydrogen-bond donors (Lipinski definition) is 0. The lowest BCUT2D eigenvalue weighted by atomic mass is 10.0. The van der Waals surface area contributed by atoms with E-state index in [4.69, 9.17) is 8.92 Å². The Bertz CT molecular complexity index is 764. The smallest absolute Gasteiger partial charge is 0.297 e. The molecule has 1 atom stereocenters. The van der Waals surface area contributed by atoms with Crippen LogP contribution in [0.2, 0.25) is 0 Å². The topological polar surface area (TPSA) is 52.6 Å². The van der Waals surface area contributed by atoms with Crippen LogP contribution >= 0.6 is 0 Å². The number of rotatable bonds is 7. The zero-order chi connectivity index (χ0) is 17.7. The average Bonchev–Trinajstić information content (AvgIpc) is 2.53. The van der Waals surface area contributed by atoms with Gasteiger partial charge in [-0.25, -0.2) is 0 Å². The molecule has 4 nitrogen and oxygen atoms in total. The highest BCUT2D eigenvalue weighted by Crippen LogP contribution is 2.26. The average molecular weight is 348 g/mol. The number of para-hydroxylation sites is 1. The van der Waals surface area contributed by atoms with E-state index in [0.717, 1.165) is 16.9 Å². The predicted octanol–water partition coefficient (Wildman–Crippen LogP) is 4.29. The SMILES string of the molecule is Cc1ccc(S(=O)(=O)OC(C)COc2ccccc2C(C)C)cc1. The van der Waals surface area contributed by atoms with Gasteiger partial charge in [-0.1, -0.05) is 49.7 Å². The van der Waals surface area contributed by atoms with Crippen molar-refractivity contribution in [3.8, 4) is 5.75 Å². The molecule has 0 fully saturated rings. The molecule has 1 unspecified atom stereocenters. The molecule has 2 aromatic rings. The van der Waals surface area contributed by atoms with Gasteiger partial charge in [-0.3, -0.25) is 4.18 Å². The van der Waals surface area contributed by atoms with E-state index in [9.17, 15) is 8.42 Å². The van der Waals surface area contributed by atoms with Crippen molar-refractivity contribution in [3.63, 3.8) is 0 Å². The van der Waals surface area contributed by atoms with Gasteiger partial charge in [-0.2, -0.15) is 8.42 Å². The van der Waals surface area contributed by atoms with Crippen molar-refractivity contribution in [1.29, 1.82) is 0 Å². The summed E-state index contributed by atoms with van der Waals surface area (Å²) in [5.74, 6) is 1.09. The highest BCUT2D eigenvalue weighted by atomic mass is 32.2. The van der Waals surface area contributed by atoms with Gasteiger partial charge >= 0.3 is 0 Å². The standard InChI is InChI=1S/C19H24O4S/c1-14(2)18-7-5-6-8-19(18)22-13-16(4)23-24(20,21)17-11-9-15(3)10-12-17/h5-12,14,16H,13H2,1-4H3. The van der Waals surface area contributed by atoms with Gasteiger partial charge < -0.3 is 4.74 Å². The molecular formula is C19H24O4S. The Kier molecular flexibility index (Phi) is 6.02.